The van der Waals surface area contributed by atoms with Crippen molar-refractivity contribution < 1.29 is 27.7 Å². The Morgan fingerprint density at radius 2 is 1.19 bits per heavy atom. The lowest BCUT2D eigenvalue weighted by Crippen LogP contribution is -2.57. The molecule has 0 aliphatic heterocycles. The second-order valence-corrected chi connectivity index (χ2v) is 7.75. The number of rotatable bonds is 8. The van der Waals surface area contributed by atoms with Crippen LogP contribution < -0.4 is 0 Å². The normalized spacial score (nSPS) is 11.0. The molecule has 0 radical (unpaired) electrons. The van der Waals surface area contributed by atoms with Gasteiger partial charge in [-0.25, -0.2) is 14.4 Å². The van der Waals surface area contributed by atoms with E-state index in [1.807, 2.05) is 0 Å². The molecule has 0 fully saturated rings. The Balaban J connectivity index is 5.90. The Kier molecular flexibility index (Phi) is 6.80. The van der Waals surface area contributed by atoms with E-state index >= 15 is 0 Å². The summed E-state index contributed by atoms with van der Waals surface area (Å²) in [6.07, 6.45) is 3.13. The predicted octanol–water partition coefficient (Wildman–Crippen LogP) is 2.30. The van der Waals surface area contributed by atoms with Gasteiger partial charge in [0.25, 0.3) is 0 Å². The first kappa shape index (κ1) is 18.8. The molecule has 0 saturated carbocycles. The third-order valence-corrected chi connectivity index (χ3v) is 6.34. The van der Waals surface area contributed by atoms with Gasteiger partial charge in [0.05, 0.1) is 5.04 Å². The van der Waals surface area contributed by atoms with Crippen molar-refractivity contribution in [1.82, 2.24) is 0 Å². The van der Waals surface area contributed by atoms with Gasteiger partial charge in [-0.2, -0.15) is 0 Å². The number of carbonyl (C=O) groups is 3. The van der Waals surface area contributed by atoms with Gasteiger partial charge in [0.2, 0.25) is 0 Å². The Morgan fingerprint density at radius 3 is 1.38 bits per heavy atom. The average molecular weight is 312 g/mol. The summed E-state index contributed by atoms with van der Waals surface area (Å²) in [6, 6.07) is 0. The first-order valence-corrected chi connectivity index (χ1v) is 7.96. The molecule has 0 unspecified atom stereocenters. The van der Waals surface area contributed by atoms with E-state index in [1.165, 1.54) is 0 Å². The van der Waals surface area contributed by atoms with E-state index in [2.05, 4.69) is 19.7 Å². The minimum absolute atomic E-state index is 0.429. The maximum Gasteiger partial charge on any atom is 0.711 e. The van der Waals surface area contributed by atoms with Gasteiger partial charge in [0.15, 0.2) is 0 Å². The molecule has 0 amide bonds. The first-order valence-electron chi connectivity index (χ1n) is 6.24. The summed E-state index contributed by atoms with van der Waals surface area (Å²) in [4.78, 5) is 34.8. The van der Waals surface area contributed by atoms with Crippen molar-refractivity contribution in [3.8, 4) is 0 Å². The molecule has 0 spiro atoms. The summed E-state index contributed by atoms with van der Waals surface area (Å²) in [5, 5.41) is -0.886. The number of hydrogen-bond acceptors (Lipinski definition) is 6. The van der Waals surface area contributed by atoms with Crippen molar-refractivity contribution in [2.75, 3.05) is 0 Å². The van der Waals surface area contributed by atoms with Gasteiger partial charge in [-0.05, 0) is 6.42 Å². The van der Waals surface area contributed by atoms with Gasteiger partial charge in [0, 0.05) is 18.2 Å². The minimum atomic E-state index is -4.04. The molecule has 0 rings (SSSR count). The zero-order valence-corrected chi connectivity index (χ0v) is 13.5. The van der Waals surface area contributed by atoms with Crippen molar-refractivity contribution in [1.29, 1.82) is 0 Å². The van der Waals surface area contributed by atoms with Gasteiger partial charge >= 0.3 is 26.7 Å². The standard InChI is InChI=1S/C14H20O6Si/c1-7-11(15)18-21(14(5,6)10-4,19-12(16)8-2)20-13(17)9-3/h7-9H,1-3,10H2,4-6H3. The zero-order valence-electron chi connectivity index (χ0n) is 12.5. The average Bonchev–Trinajstić information content (AvgIpc) is 2.46. The lowest BCUT2D eigenvalue weighted by Gasteiger charge is -2.37. The summed E-state index contributed by atoms with van der Waals surface area (Å²) in [7, 11) is -4.04. The van der Waals surface area contributed by atoms with Gasteiger partial charge in [-0.15, -0.1) is 0 Å². The van der Waals surface area contributed by atoms with Crippen LogP contribution in [0.1, 0.15) is 27.2 Å². The van der Waals surface area contributed by atoms with Gasteiger partial charge in [-0.1, -0.05) is 40.5 Å². The fraction of sp³-hybridized carbons (Fsp3) is 0.357. The quantitative estimate of drug-likeness (QED) is 0.505. The van der Waals surface area contributed by atoms with Crippen LogP contribution in [-0.2, 0) is 27.7 Å². The topological polar surface area (TPSA) is 78.9 Å². The second-order valence-electron chi connectivity index (χ2n) is 4.67. The van der Waals surface area contributed by atoms with Crippen LogP contribution >= 0.6 is 0 Å². The van der Waals surface area contributed by atoms with Crippen molar-refractivity contribution >= 4 is 26.7 Å². The molecule has 6 nitrogen and oxygen atoms in total. The molecular weight excluding hydrogens is 292 g/mol. The minimum Gasteiger partial charge on any atom is -0.452 e. The van der Waals surface area contributed by atoms with E-state index in [-0.39, 0.29) is 0 Å². The molecule has 7 heteroatoms. The fourth-order valence-electron chi connectivity index (χ4n) is 1.22. The zero-order chi connectivity index (χ0) is 16.7. The molecule has 0 aliphatic carbocycles. The van der Waals surface area contributed by atoms with Gasteiger partial charge in [-0.3, -0.25) is 0 Å². The summed E-state index contributed by atoms with van der Waals surface area (Å²) in [5.74, 6) is -2.55. The van der Waals surface area contributed by atoms with Crippen molar-refractivity contribution in [3.05, 3.63) is 38.0 Å². The van der Waals surface area contributed by atoms with Crippen LogP contribution in [0.15, 0.2) is 38.0 Å². The maximum atomic E-state index is 11.6. The number of carbonyl (C=O) groups excluding carboxylic acids is 3. The summed E-state index contributed by atoms with van der Waals surface area (Å²) in [6.45, 7) is 15.0. The van der Waals surface area contributed by atoms with Crippen LogP contribution in [0.3, 0.4) is 0 Å². The highest BCUT2D eigenvalue weighted by Gasteiger charge is 2.64. The van der Waals surface area contributed by atoms with E-state index < -0.39 is 31.8 Å². The van der Waals surface area contributed by atoms with E-state index in [9.17, 15) is 14.4 Å². The van der Waals surface area contributed by atoms with Crippen LogP contribution in [0, 0.1) is 0 Å². The van der Waals surface area contributed by atoms with E-state index in [0.717, 1.165) is 18.2 Å². The van der Waals surface area contributed by atoms with Crippen LogP contribution in [0.5, 0.6) is 0 Å². The van der Waals surface area contributed by atoms with Gasteiger partial charge in [0.1, 0.15) is 0 Å². The highest BCUT2D eigenvalue weighted by molar-refractivity contribution is 6.69. The molecule has 0 bridgehead atoms. The monoisotopic (exact) mass is 312 g/mol. The number of hydrogen-bond donors (Lipinski definition) is 0. The molecule has 0 saturated heterocycles. The van der Waals surface area contributed by atoms with Crippen molar-refractivity contribution in [3.63, 3.8) is 0 Å². The van der Waals surface area contributed by atoms with Crippen LogP contribution in [-0.4, -0.2) is 26.7 Å². The summed E-state index contributed by atoms with van der Waals surface area (Å²) >= 11 is 0. The predicted molar refractivity (Wildman–Crippen MR) is 79.0 cm³/mol. The van der Waals surface area contributed by atoms with Crippen LogP contribution in [0.25, 0.3) is 0 Å². The molecule has 0 aromatic rings. The fourth-order valence-corrected chi connectivity index (χ4v) is 3.65. The van der Waals surface area contributed by atoms with Crippen molar-refractivity contribution in [2.24, 2.45) is 0 Å². The summed E-state index contributed by atoms with van der Waals surface area (Å²) < 4.78 is 15.6. The van der Waals surface area contributed by atoms with Gasteiger partial charge < -0.3 is 13.3 Å². The maximum absolute atomic E-state index is 11.6. The molecule has 116 valence electrons. The first-order chi connectivity index (χ1) is 9.67. The van der Waals surface area contributed by atoms with E-state index in [1.54, 1.807) is 20.8 Å². The smallest absolute Gasteiger partial charge is 0.452 e. The SMILES string of the molecule is C=CC(=O)O[Si](OC(=O)C=C)(OC(=O)C=C)C(C)(C)CC. The summed E-state index contributed by atoms with van der Waals surface area (Å²) in [5.41, 5.74) is 0. The molecular formula is C14H20O6Si. The highest BCUT2D eigenvalue weighted by Crippen LogP contribution is 2.42. The van der Waals surface area contributed by atoms with Crippen LogP contribution in [0.2, 0.25) is 5.04 Å². The lowest BCUT2D eigenvalue weighted by atomic mass is 10.1. The lowest BCUT2D eigenvalue weighted by molar-refractivity contribution is -0.146. The Morgan fingerprint density at radius 1 is 0.905 bits per heavy atom. The largest absolute Gasteiger partial charge is 0.711 e. The van der Waals surface area contributed by atoms with Crippen LogP contribution in [0.4, 0.5) is 0 Å². The third kappa shape index (κ3) is 4.71. The molecule has 0 aromatic heterocycles. The van der Waals surface area contributed by atoms with E-state index in [4.69, 9.17) is 13.3 Å². The molecule has 0 aromatic carbocycles. The Labute approximate surface area is 125 Å². The Bertz CT molecular complexity index is 411. The molecule has 0 N–H and O–H groups in total. The highest BCUT2D eigenvalue weighted by atomic mass is 28.4. The second kappa shape index (κ2) is 7.58. The van der Waals surface area contributed by atoms with E-state index in [0.29, 0.717) is 6.42 Å². The van der Waals surface area contributed by atoms with Crippen molar-refractivity contribution in [2.45, 2.75) is 32.2 Å². The molecule has 0 aliphatic rings. The third-order valence-electron chi connectivity index (χ3n) is 2.92. The Hall–Kier alpha value is -2.15. The molecule has 21 heavy (non-hydrogen) atoms. The molecule has 0 atom stereocenters. The molecule has 0 heterocycles.